The number of halogens is 1. The molecule has 0 bridgehead atoms. The summed E-state index contributed by atoms with van der Waals surface area (Å²) >= 11 is 3.33. The molecule has 0 radical (unpaired) electrons. The lowest BCUT2D eigenvalue weighted by Crippen LogP contribution is -2.10. The summed E-state index contributed by atoms with van der Waals surface area (Å²) in [5.74, 6) is -0.161. The van der Waals surface area contributed by atoms with Gasteiger partial charge in [0.25, 0.3) is 0 Å². The van der Waals surface area contributed by atoms with Crippen molar-refractivity contribution in [3.63, 3.8) is 0 Å². The van der Waals surface area contributed by atoms with E-state index in [1.807, 2.05) is 30.3 Å². The second-order valence-corrected chi connectivity index (χ2v) is 5.13. The van der Waals surface area contributed by atoms with E-state index >= 15 is 0 Å². The maximum atomic E-state index is 12.4. The van der Waals surface area contributed by atoms with Crippen molar-refractivity contribution in [1.29, 1.82) is 0 Å². The normalized spacial score (nSPS) is 10.7. The first kappa shape index (κ1) is 12.8. The van der Waals surface area contributed by atoms with E-state index in [9.17, 15) is 4.79 Å². The molecule has 3 aromatic rings. The number of aromatic nitrogens is 4. The van der Waals surface area contributed by atoms with Crippen LogP contribution in [0.4, 0.5) is 0 Å². The van der Waals surface area contributed by atoms with Crippen LogP contribution in [0.2, 0.25) is 0 Å². The molecule has 0 unspecified atom stereocenters. The lowest BCUT2D eigenvalue weighted by molar-refractivity contribution is 0.102. The summed E-state index contributed by atoms with van der Waals surface area (Å²) < 4.78 is 3.88. The summed E-state index contributed by atoms with van der Waals surface area (Å²) in [7, 11) is 1.73. The SMILES string of the molecule is Cn1ncc(Br)c1C(=O)c1ccn(-c2ccccc2)n1. The Bertz CT molecular complexity index is 741. The van der Waals surface area contributed by atoms with Crippen LogP contribution in [0.15, 0.2) is 53.3 Å². The monoisotopic (exact) mass is 330 g/mol. The van der Waals surface area contributed by atoms with Crippen molar-refractivity contribution in [1.82, 2.24) is 19.6 Å². The Kier molecular flexibility index (Phi) is 3.23. The number of rotatable bonds is 3. The van der Waals surface area contributed by atoms with Crippen LogP contribution in [0, 0.1) is 0 Å². The zero-order valence-corrected chi connectivity index (χ0v) is 12.3. The number of hydrogen-bond acceptors (Lipinski definition) is 3. The van der Waals surface area contributed by atoms with Crippen LogP contribution in [0.25, 0.3) is 5.69 Å². The van der Waals surface area contributed by atoms with Gasteiger partial charge in [0, 0.05) is 13.2 Å². The van der Waals surface area contributed by atoms with Crippen LogP contribution >= 0.6 is 15.9 Å². The van der Waals surface area contributed by atoms with E-state index in [1.54, 1.807) is 30.2 Å². The van der Waals surface area contributed by atoms with Crippen LogP contribution in [0.5, 0.6) is 0 Å². The maximum Gasteiger partial charge on any atom is 0.232 e. The number of carbonyl (C=O) groups excluding carboxylic acids is 1. The Morgan fingerprint density at radius 2 is 1.95 bits per heavy atom. The summed E-state index contributed by atoms with van der Waals surface area (Å²) in [6.45, 7) is 0. The Labute approximate surface area is 124 Å². The number of carbonyl (C=O) groups is 1. The van der Waals surface area contributed by atoms with Crippen molar-refractivity contribution in [3.05, 3.63) is 64.7 Å². The van der Waals surface area contributed by atoms with Crippen molar-refractivity contribution in [2.75, 3.05) is 0 Å². The highest BCUT2D eigenvalue weighted by Crippen LogP contribution is 2.18. The Balaban J connectivity index is 1.97. The molecule has 0 saturated carbocycles. The minimum absolute atomic E-state index is 0.161. The summed E-state index contributed by atoms with van der Waals surface area (Å²) in [6, 6.07) is 11.4. The third-order valence-corrected chi connectivity index (χ3v) is 3.53. The van der Waals surface area contributed by atoms with E-state index in [1.165, 1.54) is 4.68 Å². The van der Waals surface area contributed by atoms with Gasteiger partial charge < -0.3 is 0 Å². The largest absolute Gasteiger partial charge is 0.285 e. The average Bonchev–Trinajstić information content (AvgIpc) is 3.07. The second kappa shape index (κ2) is 5.05. The zero-order chi connectivity index (χ0) is 14.1. The fourth-order valence-corrected chi connectivity index (χ4v) is 2.49. The smallest absolute Gasteiger partial charge is 0.232 e. The van der Waals surface area contributed by atoms with E-state index in [-0.39, 0.29) is 5.78 Å². The van der Waals surface area contributed by atoms with Crippen LogP contribution < -0.4 is 0 Å². The molecule has 0 aliphatic carbocycles. The molecule has 0 fully saturated rings. The number of ketones is 1. The van der Waals surface area contributed by atoms with Crippen molar-refractivity contribution < 1.29 is 4.79 Å². The molecule has 0 spiro atoms. The fourth-order valence-electron chi connectivity index (χ4n) is 1.96. The molecular formula is C14H11BrN4O. The van der Waals surface area contributed by atoms with Gasteiger partial charge in [0.05, 0.1) is 16.4 Å². The van der Waals surface area contributed by atoms with Crippen molar-refractivity contribution in [2.45, 2.75) is 0 Å². The Morgan fingerprint density at radius 1 is 1.20 bits per heavy atom. The summed E-state index contributed by atoms with van der Waals surface area (Å²) in [5, 5.41) is 8.37. The van der Waals surface area contributed by atoms with Crippen LogP contribution in [0.3, 0.4) is 0 Å². The van der Waals surface area contributed by atoms with Gasteiger partial charge in [0.2, 0.25) is 5.78 Å². The lowest BCUT2D eigenvalue weighted by Gasteiger charge is -2.01. The molecule has 2 heterocycles. The van der Waals surface area contributed by atoms with Gasteiger partial charge in [-0.3, -0.25) is 9.48 Å². The molecule has 6 heteroatoms. The van der Waals surface area contributed by atoms with Gasteiger partial charge in [-0.2, -0.15) is 10.2 Å². The molecule has 0 aliphatic heterocycles. The Hall–Kier alpha value is -2.21. The summed E-state index contributed by atoms with van der Waals surface area (Å²) in [6.07, 6.45) is 3.37. The molecule has 2 aromatic heterocycles. The van der Waals surface area contributed by atoms with E-state index < -0.39 is 0 Å². The molecule has 1 aromatic carbocycles. The lowest BCUT2D eigenvalue weighted by atomic mass is 10.2. The molecule has 100 valence electrons. The number of hydrogen-bond donors (Lipinski definition) is 0. The molecular weight excluding hydrogens is 320 g/mol. The molecule has 0 aliphatic rings. The second-order valence-electron chi connectivity index (χ2n) is 4.27. The van der Waals surface area contributed by atoms with E-state index in [0.29, 0.717) is 15.9 Å². The van der Waals surface area contributed by atoms with Gasteiger partial charge in [-0.05, 0) is 34.1 Å². The number of para-hydroxylation sites is 1. The number of benzene rings is 1. The first-order valence-corrected chi connectivity index (χ1v) is 6.79. The molecule has 0 atom stereocenters. The summed E-state index contributed by atoms with van der Waals surface area (Å²) in [5.41, 5.74) is 1.79. The van der Waals surface area contributed by atoms with E-state index in [0.717, 1.165) is 5.69 Å². The quantitative estimate of drug-likeness (QED) is 0.693. The number of nitrogens with zero attached hydrogens (tertiary/aromatic N) is 4. The predicted molar refractivity (Wildman–Crippen MR) is 77.9 cm³/mol. The molecule has 0 saturated heterocycles. The topological polar surface area (TPSA) is 52.7 Å². The highest BCUT2D eigenvalue weighted by Gasteiger charge is 2.19. The first-order valence-electron chi connectivity index (χ1n) is 6.00. The Morgan fingerprint density at radius 3 is 2.60 bits per heavy atom. The third kappa shape index (κ3) is 2.18. The van der Waals surface area contributed by atoms with Gasteiger partial charge in [0.15, 0.2) is 0 Å². The maximum absolute atomic E-state index is 12.4. The molecule has 0 N–H and O–H groups in total. The minimum Gasteiger partial charge on any atom is -0.285 e. The highest BCUT2D eigenvalue weighted by atomic mass is 79.9. The van der Waals surface area contributed by atoms with Gasteiger partial charge in [0.1, 0.15) is 11.4 Å². The fraction of sp³-hybridized carbons (Fsp3) is 0.0714. The van der Waals surface area contributed by atoms with Gasteiger partial charge in [-0.25, -0.2) is 4.68 Å². The predicted octanol–water partition coefficient (Wildman–Crippen LogP) is 2.60. The highest BCUT2D eigenvalue weighted by molar-refractivity contribution is 9.10. The minimum atomic E-state index is -0.161. The van der Waals surface area contributed by atoms with Crippen LogP contribution in [-0.4, -0.2) is 25.3 Å². The molecule has 0 amide bonds. The van der Waals surface area contributed by atoms with Gasteiger partial charge in [-0.1, -0.05) is 18.2 Å². The molecule has 3 rings (SSSR count). The van der Waals surface area contributed by atoms with E-state index in [4.69, 9.17) is 0 Å². The van der Waals surface area contributed by atoms with Crippen LogP contribution in [0.1, 0.15) is 16.2 Å². The molecule has 20 heavy (non-hydrogen) atoms. The standard InChI is InChI=1S/C14H11BrN4O/c1-18-13(11(15)9-16-18)14(20)12-7-8-19(17-12)10-5-3-2-4-6-10/h2-9H,1H3. The van der Waals surface area contributed by atoms with Crippen LogP contribution in [-0.2, 0) is 7.05 Å². The van der Waals surface area contributed by atoms with Crippen molar-refractivity contribution in [3.8, 4) is 5.69 Å². The van der Waals surface area contributed by atoms with E-state index in [2.05, 4.69) is 26.1 Å². The van der Waals surface area contributed by atoms with Crippen molar-refractivity contribution in [2.24, 2.45) is 7.05 Å². The first-order chi connectivity index (χ1) is 9.66. The molecule has 5 nitrogen and oxygen atoms in total. The van der Waals surface area contributed by atoms with Gasteiger partial charge in [-0.15, -0.1) is 0 Å². The van der Waals surface area contributed by atoms with Gasteiger partial charge >= 0.3 is 0 Å². The summed E-state index contributed by atoms with van der Waals surface area (Å²) in [4.78, 5) is 12.4. The average molecular weight is 331 g/mol. The third-order valence-electron chi connectivity index (χ3n) is 2.95. The van der Waals surface area contributed by atoms with Crippen molar-refractivity contribution >= 4 is 21.7 Å². The zero-order valence-electron chi connectivity index (χ0n) is 10.7. The number of aryl methyl sites for hydroxylation is 1.